The summed E-state index contributed by atoms with van der Waals surface area (Å²) in [4.78, 5) is 13.8. The second-order valence-corrected chi connectivity index (χ2v) is 7.37. The van der Waals surface area contributed by atoms with E-state index in [1.807, 2.05) is 29.6 Å². The summed E-state index contributed by atoms with van der Waals surface area (Å²) in [5, 5.41) is 6.72. The molecule has 0 N–H and O–H groups in total. The summed E-state index contributed by atoms with van der Waals surface area (Å²) >= 11 is 1.46. The zero-order chi connectivity index (χ0) is 21.2. The van der Waals surface area contributed by atoms with Gasteiger partial charge in [-0.2, -0.15) is 4.98 Å². The molecule has 0 aliphatic heterocycles. The van der Waals surface area contributed by atoms with Gasteiger partial charge in [-0.3, -0.25) is 0 Å². The second kappa shape index (κ2) is 8.11. The fourth-order valence-corrected chi connectivity index (χ4v) is 4.09. The molecule has 5 rings (SSSR count). The van der Waals surface area contributed by atoms with Gasteiger partial charge in [0, 0.05) is 10.9 Å². The van der Waals surface area contributed by atoms with E-state index < -0.39 is 0 Å². The molecule has 7 nitrogen and oxygen atoms in total. The maximum Gasteiger partial charge on any atom is 0.264 e. The number of halogens is 1. The molecule has 0 unspecified atom stereocenters. The predicted molar refractivity (Wildman–Crippen MR) is 113 cm³/mol. The fourth-order valence-electron chi connectivity index (χ4n) is 3.18. The smallest absolute Gasteiger partial charge is 0.264 e. The molecule has 0 saturated heterocycles. The van der Waals surface area contributed by atoms with Gasteiger partial charge in [0.1, 0.15) is 22.7 Å². The SMILES string of the molecule is COc1ccccc1-c1noc(COc2ncnc3scc(-c4ccc(F)cc4)c23)n1. The van der Waals surface area contributed by atoms with Gasteiger partial charge in [0.15, 0.2) is 6.61 Å². The van der Waals surface area contributed by atoms with Crippen molar-refractivity contribution in [3.05, 3.63) is 71.9 Å². The zero-order valence-electron chi connectivity index (χ0n) is 16.3. The number of methoxy groups -OCH3 is 1. The highest BCUT2D eigenvalue weighted by Gasteiger charge is 2.17. The molecule has 3 aromatic heterocycles. The first-order chi connectivity index (χ1) is 15.2. The third-order valence-electron chi connectivity index (χ3n) is 4.64. The highest BCUT2D eigenvalue weighted by atomic mass is 32.1. The molecule has 0 atom stereocenters. The van der Waals surface area contributed by atoms with Crippen molar-refractivity contribution in [1.29, 1.82) is 0 Å². The number of benzene rings is 2. The molecule has 0 saturated carbocycles. The third-order valence-corrected chi connectivity index (χ3v) is 5.53. The minimum atomic E-state index is -0.293. The number of nitrogens with zero attached hydrogens (tertiary/aromatic N) is 4. The zero-order valence-corrected chi connectivity index (χ0v) is 17.1. The van der Waals surface area contributed by atoms with Gasteiger partial charge in [-0.15, -0.1) is 11.3 Å². The standard InChI is InChI=1S/C22H15FN4O3S/c1-28-17-5-3-2-4-15(17)20-26-18(30-27-20)10-29-21-19-16(11-31-22(19)25-12-24-21)13-6-8-14(23)9-7-13/h2-9,11-12H,10H2,1H3. The second-order valence-electron chi connectivity index (χ2n) is 6.52. The molecule has 5 aromatic rings. The Labute approximate surface area is 180 Å². The van der Waals surface area contributed by atoms with Crippen molar-refractivity contribution < 1.29 is 18.4 Å². The summed E-state index contributed by atoms with van der Waals surface area (Å²) in [7, 11) is 1.59. The maximum absolute atomic E-state index is 13.3. The molecule has 0 spiro atoms. The molecule has 31 heavy (non-hydrogen) atoms. The number of aromatic nitrogens is 4. The fraction of sp³-hybridized carbons (Fsp3) is 0.0909. The number of para-hydroxylation sites is 1. The van der Waals surface area contributed by atoms with Crippen LogP contribution in [0.5, 0.6) is 11.6 Å². The topological polar surface area (TPSA) is 83.2 Å². The van der Waals surface area contributed by atoms with Gasteiger partial charge >= 0.3 is 0 Å². The Balaban J connectivity index is 1.42. The third kappa shape index (κ3) is 3.71. The van der Waals surface area contributed by atoms with Crippen LogP contribution < -0.4 is 9.47 Å². The minimum Gasteiger partial charge on any atom is -0.496 e. The van der Waals surface area contributed by atoms with E-state index >= 15 is 0 Å². The van der Waals surface area contributed by atoms with Crippen LogP contribution in [-0.4, -0.2) is 27.2 Å². The molecule has 0 aliphatic carbocycles. The van der Waals surface area contributed by atoms with Gasteiger partial charge in [-0.05, 0) is 29.8 Å². The largest absolute Gasteiger partial charge is 0.496 e. The van der Waals surface area contributed by atoms with Gasteiger partial charge in [-0.25, -0.2) is 14.4 Å². The van der Waals surface area contributed by atoms with Crippen LogP contribution in [0.3, 0.4) is 0 Å². The van der Waals surface area contributed by atoms with Crippen LogP contribution in [0.1, 0.15) is 5.89 Å². The Morgan fingerprint density at radius 3 is 2.71 bits per heavy atom. The Morgan fingerprint density at radius 2 is 1.87 bits per heavy atom. The molecular formula is C22H15FN4O3S. The van der Waals surface area contributed by atoms with Gasteiger partial charge in [0.2, 0.25) is 11.7 Å². The van der Waals surface area contributed by atoms with E-state index in [4.69, 9.17) is 14.0 Å². The van der Waals surface area contributed by atoms with Crippen LogP contribution >= 0.6 is 11.3 Å². The molecule has 2 aromatic carbocycles. The summed E-state index contributed by atoms with van der Waals surface area (Å²) in [5.74, 6) is 1.45. The van der Waals surface area contributed by atoms with Crippen molar-refractivity contribution in [2.24, 2.45) is 0 Å². The van der Waals surface area contributed by atoms with E-state index in [9.17, 15) is 4.39 Å². The molecule has 3 heterocycles. The molecule has 154 valence electrons. The average Bonchev–Trinajstić information content (AvgIpc) is 3.46. The molecule has 0 amide bonds. The lowest BCUT2D eigenvalue weighted by molar-refractivity contribution is 0.238. The quantitative estimate of drug-likeness (QED) is 0.366. The van der Waals surface area contributed by atoms with E-state index in [0.29, 0.717) is 23.3 Å². The lowest BCUT2D eigenvalue weighted by atomic mass is 10.1. The van der Waals surface area contributed by atoms with Gasteiger partial charge < -0.3 is 14.0 Å². The van der Waals surface area contributed by atoms with Crippen molar-refractivity contribution in [2.75, 3.05) is 7.11 Å². The summed E-state index contributed by atoms with van der Waals surface area (Å²) in [5.41, 5.74) is 2.44. The predicted octanol–water partition coefficient (Wildman–Crippen LogP) is 5.14. The summed E-state index contributed by atoms with van der Waals surface area (Å²) < 4.78 is 29.9. The van der Waals surface area contributed by atoms with E-state index in [-0.39, 0.29) is 12.4 Å². The number of rotatable bonds is 6. The van der Waals surface area contributed by atoms with Crippen LogP contribution in [0.2, 0.25) is 0 Å². The molecule has 0 bridgehead atoms. The highest BCUT2D eigenvalue weighted by Crippen LogP contribution is 2.37. The number of hydrogen-bond donors (Lipinski definition) is 0. The monoisotopic (exact) mass is 434 g/mol. The van der Waals surface area contributed by atoms with Gasteiger partial charge in [0.25, 0.3) is 5.89 Å². The maximum atomic E-state index is 13.3. The molecule has 0 radical (unpaired) electrons. The van der Waals surface area contributed by atoms with Gasteiger partial charge in [0.05, 0.1) is 18.1 Å². The Kier molecular flexibility index (Phi) is 5.01. The Morgan fingerprint density at radius 1 is 1.03 bits per heavy atom. The van der Waals surface area contributed by atoms with E-state index in [1.165, 1.54) is 29.8 Å². The number of thiophene rings is 1. The number of fused-ring (bicyclic) bond motifs is 1. The average molecular weight is 434 g/mol. The highest BCUT2D eigenvalue weighted by molar-refractivity contribution is 7.17. The number of hydrogen-bond acceptors (Lipinski definition) is 8. The normalized spacial score (nSPS) is 11.0. The van der Waals surface area contributed by atoms with Crippen molar-refractivity contribution in [3.63, 3.8) is 0 Å². The van der Waals surface area contributed by atoms with Crippen LogP contribution in [0.15, 0.2) is 64.8 Å². The molecular weight excluding hydrogens is 419 g/mol. The van der Waals surface area contributed by atoms with Crippen LogP contribution in [0.4, 0.5) is 4.39 Å². The lowest BCUT2D eigenvalue weighted by Crippen LogP contribution is -1.99. The molecule has 9 heteroatoms. The summed E-state index contributed by atoms with van der Waals surface area (Å²) in [6, 6.07) is 13.7. The molecule has 0 aliphatic rings. The first-order valence-corrected chi connectivity index (χ1v) is 10.2. The van der Waals surface area contributed by atoms with E-state index in [0.717, 1.165) is 26.9 Å². The first kappa shape index (κ1) is 19.1. The minimum absolute atomic E-state index is 0.0347. The van der Waals surface area contributed by atoms with E-state index in [2.05, 4.69) is 20.1 Å². The summed E-state index contributed by atoms with van der Waals surface area (Å²) in [6.45, 7) is 0.0347. The number of ether oxygens (including phenoxy) is 2. The Hall–Kier alpha value is -3.85. The van der Waals surface area contributed by atoms with Crippen molar-refractivity contribution >= 4 is 21.6 Å². The lowest BCUT2D eigenvalue weighted by Gasteiger charge is -2.06. The van der Waals surface area contributed by atoms with Crippen molar-refractivity contribution in [2.45, 2.75) is 6.61 Å². The first-order valence-electron chi connectivity index (χ1n) is 9.30. The van der Waals surface area contributed by atoms with Crippen LogP contribution in [0.25, 0.3) is 32.7 Å². The Bertz CT molecular complexity index is 1350. The van der Waals surface area contributed by atoms with E-state index in [1.54, 1.807) is 19.2 Å². The van der Waals surface area contributed by atoms with Crippen LogP contribution in [0, 0.1) is 5.82 Å². The van der Waals surface area contributed by atoms with Gasteiger partial charge in [-0.1, -0.05) is 29.4 Å². The summed E-state index contributed by atoms with van der Waals surface area (Å²) in [6.07, 6.45) is 1.44. The van der Waals surface area contributed by atoms with Crippen molar-refractivity contribution in [1.82, 2.24) is 20.1 Å². The van der Waals surface area contributed by atoms with Crippen molar-refractivity contribution in [3.8, 4) is 34.1 Å². The molecule has 0 fully saturated rings. The van der Waals surface area contributed by atoms with Crippen LogP contribution in [-0.2, 0) is 6.61 Å².